The van der Waals surface area contributed by atoms with E-state index in [1.165, 1.54) is 68.4 Å². The van der Waals surface area contributed by atoms with Crippen LogP contribution in [-0.2, 0) is 5.41 Å². The Morgan fingerprint density at radius 1 is 1.11 bits per heavy atom. The fourth-order valence-electron chi connectivity index (χ4n) is 3.80. The molecule has 0 radical (unpaired) electrons. The normalized spacial score (nSPS) is 19.8. The Kier molecular flexibility index (Phi) is 10.00. The number of benzene rings is 1. The van der Waals surface area contributed by atoms with E-state index in [4.69, 9.17) is 0 Å². The van der Waals surface area contributed by atoms with E-state index in [1.807, 2.05) is 7.05 Å². The van der Waals surface area contributed by atoms with Gasteiger partial charge in [-0.2, -0.15) is 0 Å². The highest BCUT2D eigenvalue weighted by molar-refractivity contribution is 14.0. The van der Waals surface area contributed by atoms with Crippen molar-refractivity contribution in [2.75, 3.05) is 59.9 Å². The molecule has 0 unspecified atom stereocenters. The molecule has 0 atom stereocenters. The van der Waals surface area contributed by atoms with Gasteiger partial charge in [-0.1, -0.05) is 34.1 Å². The summed E-state index contributed by atoms with van der Waals surface area (Å²) in [5.41, 5.74) is 1.68. The highest BCUT2D eigenvalue weighted by atomic mass is 127. The molecule has 1 heterocycles. The summed E-state index contributed by atoms with van der Waals surface area (Å²) in [5, 5.41) is 7.03. The van der Waals surface area contributed by atoms with E-state index in [-0.39, 0.29) is 29.4 Å². The average Bonchev–Trinajstić information content (AvgIpc) is 3.46. The molecule has 1 aromatic rings. The van der Waals surface area contributed by atoms with Gasteiger partial charge in [0.25, 0.3) is 0 Å². The Bertz CT molecular complexity index is 627. The van der Waals surface area contributed by atoms with Crippen molar-refractivity contribution in [3.8, 4) is 0 Å². The molecule has 0 amide bonds. The minimum atomic E-state index is 0. The lowest BCUT2D eigenvalue weighted by molar-refractivity contribution is 0.152. The van der Waals surface area contributed by atoms with E-state index in [0.29, 0.717) is 0 Å². The molecule has 1 saturated heterocycles. The van der Waals surface area contributed by atoms with E-state index in [9.17, 15) is 0 Å². The second-order valence-corrected chi connectivity index (χ2v) is 8.82. The van der Waals surface area contributed by atoms with Crippen molar-refractivity contribution in [3.05, 3.63) is 34.3 Å². The lowest BCUT2D eigenvalue weighted by atomic mass is 9.96. The van der Waals surface area contributed by atoms with Crippen molar-refractivity contribution in [2.45, 2.75) is 31.1 Å². The number of rotatable bonds is 8. The summed E-state index contributed by atoms with van der Waals surface area (Å²) in [6.07, 6.45) is 4.91. The van der Waals surface area contributed by atoms with Gasteiger partial charge in [0.15, 0.2) is 5.96 Å². The lowest BCUT2D eigenvalue weighted by Crippen LogP contribution is -2.45. The number of unbranched alkanes of at least 4 members (excludes halogenated alkanes) is 1. The third kappa shape index (κ3) is 6.85. The SMILES string of the molecule is CN=C(NCCCCN1CCN(C)CC1)NCC1(c2ccccc2Br)CC1.I. The predicted octanol–water partition coefficient (Wildman–Crippen LogP) is 3.29. The van der Waals surface area contributed by atoms with Crippen molar-refractivity contribution in [2.24, 2.45) is 4.99 Å². The molecule has 3 rings (SSSR count). The number of likely N-dealkylation sites (N-methyl/N-ethyl adjacent to an activating group) is 1. The van der Waals surface area contributed by atoms with Crippen molar-refractivity contribution in [3.63, 3.8) is 0 Å². The quantitative estimate of drug-likeness (QED) is 0.220. The summed E-state index contributed by atoms with van der Waals surface area (Å²) in [6.45, 7) is 7.97. The van der Waals surface area contributed by atoms with Crippen LogP contribution >= 0.6 is 39.9 Å². The monoisotopic (exact) mass is 563 g/mol. The first-order valence-electron chi connectivity index (χ1n) is 10.2. The van der Waals surface area contributed by atoms with Gasteiger partial charge < -0.3 is 20.4 Å². The van der Waals surface area contributed by atoms with Crippen LogP contribution in [0.5, 0.6) is 0 Å². The molecule has 2 aliphatic rings. The van der Waals surface area contributed by atoms with Crippen LogP contribution in [0.3, 0.4) is 0 Å². The van der Waals surface area contributed by atoms with Crippen molar-refractivity contribution in [1.29, 1.82) is 0 Å². The maximum absolute atomic E-state index is 4.40. The average molecular weight is 564 g/mol. The molecule has 0 spiro atoms. The van der Waals surface area contributed by atoms with Gasteiger partial charge in [0.05, 0.1) is 0 Å². The fraction of sp³-hybridized carbons (Fsp3) is 0.667. The summed E-state index contributed by atoms with van der Waals surface area (Å²) in [4.78, 5) is 9.39. The Balaban J connectivity index is 0.00000280. The summed E-state index contributed by atoms with van der Waals surface area (Å²) >= 11 is 3.71. The first-order valence-corrected chi connectivity index (χ1v) is 11.0. The number of guanidine groups is 1. The van der Waals surface area contributed by atoms with E-state index in [2.05, 4.69) is 72.7 Å². The number of nitrogens with one attached hydrogen (secondary N) is 2. The Morgan fingerprint density at radius 3 is 2.46 bits per heavy atom. The van der Waals surface area contributed by atoms with Crippen LogP contribution in [0, 0.1) is 0 Å². The van der Waals surface area contributed by atoms with E-state index >= 15 is 0 Å². The van der Waals surface area contributed by atoms with Gasteiger partial charge in [-0.15, -0.1) is 24.0 Å². The first kappa shape index (κ1) is 23.9. The van der Waals surface area contributed by atoms with Crippen molar-refractivity contribution < 1.29 is 0 Å². The molecule has 2 fully saturated rings. The van der Waals surface area contributed by atoms with Gasteiger partial charge >= 0.3 is 0 Å². The van der Waals surface area contributed by atoms with Crippen molar-refractivity contribution >= 4 is 45.9 Å². The van der Waals surface area contributed by atoms with Crippen molar-refractivity contribution in [1.82, 2.24) is 20.4 Å². The third-order valence-corrected chi connectivity index (χ3v) is 6.60. The minimum Gasteiger partial charge on any atom is -0.356 e. The molecule has 1 saturated carbocycles. The minimum absolute atomic E-state index is 0. The van der Waals surface area contributed by atoms with Gasteiger partial charge in [-0.3, -0.25) is 4.99 Å². The van der Waals surface area contributed by atoms with Crippen LogP contribution < -0.4 is 10.6 Å². The van der Waals surface area contributed by atoms with Crippen LogP contribution in [0.25, 0.3) is 0 Å². The highest BCUT2D eigenvalue weighted by Gasteiger charge is 2.45. The second kappa shape index (κ2) is 11.7. The molecular weight excluding hydrogens is 529 g/mol. The molecule has 0 bridgehead atoms. The molecule has 1 aliphatic carbocycles. The Morgan fingerprint density at radius 2 is 1.82 bits per heavy atom. The van der Waals surface area contributed by atoms with Crippen LogP contribution in [0.4, 0.5) is 0 Å². The van der Waals surface area contributed by atoms with E-state index in [0.717, 1.165) is 19.0 Å². The molecule has 0 aromatic heterocycles. The third-order valence-electron chi connectivity index (χ3n) is 5.91. The zero-order valence-electron chi connectivity index (χ0n) is 17.2. The summed E-state index contributed by atoms with van der Waals surface area (Å²) in [6, 6.07) is 8.60. The Hall–Kier alpha value is -0.380. The van der Waals surface area contributed by atoms with Gasteiger partial charge in [-0.05, 0) is 50.9 Å². The standard InChI is InChI=1S/C21H34BrN5.HI/c1-23-20(24-11-5-6-12-27-15-13-26(2)14-16-27)25-17-21(9-10-21)18-7-3-4-8-19(18)22;/h3-4,7-8H,5-6,9-17H2,1-2H3,(H2,23,24,25);1H. The number of nitrogens with zero attached hydrogens (tertiary/aromatic N) is 3. The topological polar surface area (TPSA) is 42.9 Å². The molecule has 7 heteroatoms. The molecule has 158 valence electrons. The fourth-order valence-corrected chi connectivity index (χ4v) is 4.50. The predicted molar refractivity (Wildman–Crippen MR) is 133 cm³/mol. The van der Waals surface area contributed by atoms with Crippen LogP contribution in [0.2, 0.25) is 0 Å². The maximum atomic E-state index is 4.40. The lowest BCUT2D eigenvalue weighted by Gasteiger charge is -2.32. The van der Waals surface area contributed by atoms with Crippen LogP contribution in [0.1, 0.15) is 31.2 Å². The van der Waals surface area contributed by atoms with Gasteiger partial charge in [0, 0.05) is 56.2 Å². The highest BCUT2D eigenvalue weighted by Crippen LogP contribution is 2.49. The Labute approximate surface area is 195 Å². The smallest absolute Gasteiger partial charge is 0.191 e. The zero-order valence-corrected chi connectivity index (χ0v) is 21.1. The molecule has 28 heavy (non-hydrogen) atoms. The summed E-state index contributed by atoms with van der Waals surface area (Å²) < 4.78 is 1.22. The van der Waals surface area contributed by atoms with E-state index in [1.54, 1.807) is 0 Å². The second-order valence-electron chi connectivity index (χ2n) is 7.96. The number of aliphatic imine (C=N–C) groups is 1. The van der Waals surface area contributed by atoms with Gasteiger partial charge in [0.2, 0.25) is 0 Å². The van der Waals surface area contributed by atoms with Gasteiger partial charge in [-0.25, -0.2) is 0 Å². The number of hydrogen-bond acceptors (Lipinski definition) is 3. The molecule has 2 N–H and O–H groups in total. The largest absolute Gasteiger partial charge is 0.356 e. The first-order chi connectivity index (χ1) is 13.1. The molecule has 5 nitrogen and oxygen atoms in total. The van der Waals surface area contributed by atoms with Crippen LogP contribution in [0.15, 0.2) is 33.7 Å². The molecular formula is C21H35BrIN5. The molecule has 1 aliphatic heterocycles. The van der Waals surface area contributed by atoms with E-state index < -0.39 is 0 Å². The zero-order chi connectivity index (χ0) is 19.1. The number of hydrogen-bond donors (Lipinski definition) is 2. The van der Waals surface area contributed by atoms with Gasteiger partial charge in [0.1, 0.15) is 0 Å². The number of piperazine rings is 1. The maximum Gasteiger partial charge on any atom is 0.191 e. The summed E-state index contributed by atoms with van der Waals surface area (Å²) in [5.74, 6) is 0.924. The van der Waals surface area contributed by atoms with Crippen LogP contribution in [-0.4, -0.2) is 75.7 Å². The summed E-state index contributed by atoms with van der Waals surface area (Å²) in [7, 11) is 4.07. The number of halogens is 2. The molecule has 1 aromatic carbocycles.